The average molecular weight is 420 g/mol. The first kappa shape index (κ1) is 21.3. The summed E-state index contributed by atoms with van der Waals surface area (Å²) in [7, 11) is 0. The molecule has 2 amide bonds. The van der Waals surface area contributed by atoms with Crippen LogP contribution in [-0.4, -0.2) is 36.2 Å². The fourth-order valence-corrected chi connectivity index (χ4v) is 4.07. The van der Waals surface area contributed by atoms with Gasteiger partial charge in [-0.1, -0.05) is 72.8 Å². The zero-order valence-electron chi connectivity index (χ0n) is 17.7. The van der Waals surface area contributed by atoms with Crippen molar-refractivity contribution < 1.29 is 19.1 Å². The highest BCUT2D eigenvalue weighted by Crippen LogP contribution is 2.40. The van der Waals surface area contributed by atoms with Crippen LogP contribution in [0.2, 0.25) is 0 Å². The molecule has 0 bridgehead atoms. The van der Waals surface area contributed by atoms with Gasteiger partial charge in [0.05, 0.1) is 19.3 Å². The lowest BCUT2D eigenvalue weighted by atomic mass is 9.96. The van der Waals surface area contributed by atoms with Crippen molar-refractivity contribution in [1.82, 2.24) is 4.90 Å². The lowest BCUT2D eigenvalue weighted by Gasteiger charge is -2.24. The van der Waals surface area contributed by atoms with Gasteiger partial charge in [0.15, 0.2) is 0 Å². The molecule has 2 fully saturated rings. The summed E-state index contributed by atoms with van der Waals surface area (Å²) in [6.07, 6.45) is 6.81. The van der Waals surface area contributed by atoms with Gasteiger partial charge in [-0.25, -0.2) is 9.69 Å². The van der Waals surface area contributed by atoms with Crippen LogP contribution in [0.5, 0.6) is 0 Å². The smallest absolute Gasteiger partial charge is 0.416 e. The third-order valence-corrected chi connectivity index (χ3v) is 5.90. The predicted octanol–water partition coefficient (Wildman–Crippen LogP) is 4.77. The molecule has 1 aliphatic heterocycles. The molecule has 2 aromatic rings. The Balaban J connectivity index is 1.31. The fraction of sp³-hybridized carbons (Fsp3) is 0.385. The van der Waals surface area contributed by atoms with Gasteiger partial charge in [0, 0.05) is 5.92 Å². The SMILES string of the molecule is O=C1OCC(Cc2ccccc2)N1C(=O)[C@@H](CC=CCOCc1ccccc1)C1CC1. The Labute approximate surface area is 183 Å². The van der Waals surface area contributed by atoms with E-state index in [2.05, 4.69) is 0 Å². The van der Waals surface area contributed by atoms with Crippen LogP contribution in [0.15, 0.2) is 72.8 Å². The Morgan fingerprint density at radius 3 is 2.39 bits per heavy atom. The molecule has 0 N–H and O–H groups in total. The number of hydrogen-bond donors (Lipinski definition) is 0. The number of carbonyl (C=O) groups excluding carboxylic acids is 2. The van der Waals surface area contributed by atoms with Gasteiger partial charge in [0.25, 0.3) is 0 Å². The topological polar surface area (TPSA) is 55.8 Å². The summed E-state index contributed by atoms with van der Waals surface area (Å²) < 4.78 is 10.9. The number of rotatable bonds is 10. The van der Waals surface area contributed by atoms with Crippen LogP contribution < -0.4 is 0 Å². The molecule has 1 heterocycles. The van der Waals surface area contributed by atoms with Gasteiger partial charge in [-0.05, 0) is 42.7 Å². The Bertz CT molecular complexity index is 892. The Morgan fingerprint density at radius 2 is 1.71 bits per heavy atom. The maximum absolute atomic E-state index is 13.3. The van der Waals surface area contributed by atoms with E-state index in [1.54, 1.807) is 0 Å². The first-order valence-electron chi connectivity index (χ1n) is 11.0. The maximum atomic E-state index is 13.3. The number of ether oxygens (including phenoxy) is 2. The highest BCUT2D eigenvalue weighted by Gasteiger charge is 2.44. The summed E-state index contributed by atoms with van der Waals surface area (Å²) in [5, 5.41) is 0. The molecule has 5 heteroatoms. The summed E-state index contributed by atoms with van der Waals surface area (Å²) in [5.74, 6) is 0.0863. The standard InChI is InChI=1S/C26H29NO4/c28-25(27-23(19-31-26(27)29)17-20-9-3-1-4-10-20)24(22-14-15-22)13-7-8-16-30-18-21-11-5-2-6-12-21/h1-12,22-24H,13-19H2/t23?,24-/m0/s1. The Kier molecular flexibility index (Phi) is 7.15. The predicted molar refractivity (Wildman–Crippen MR) is 118 cm³/mol. The molecule has 162 valence electrons. The van der Waals surface area contributed by atoms with Crippen LogP contribution in [0.25, 0.3) is 0 Å². The number of cyclic esters (lactones) is 1. The second kappa shape index (κ2) is 10.4. The first-order chi connectivity index (χ1) is 15.2. The van der Waals surface area contributed by atoms with Crippen molar-refractivity contribution in [1.29, 1.82) is 0 Å². The molecule has 0 spiro atoms. The Hall–Kier alpha value is -2.92. The van der Waals surface area contributed by atoms with E-state index in [0.29, 0.717) is 32.0 Å². The third kappa shape index (κ3) is 5.82. The molecule has 1 unspecified atom stereocenters. The minimum Gasteiger partial charge on any atom is -0.447 e. The van der Waals surface area contributed by atoms with Crippen molar-refractivity contribution in [3.05, 3.63) is 83.9 Å². The van der Waals surface area contributed by atoms with E-state index in [1.807, 2.05) is 72.8 Å². The van der Waals surface area contributed by atoms with E-state index in [9.17, 15) is 9.59 Å². The number of carbonyl (C=O) groups is 2. The Morgan fingerprint density at radius 1 is 1.03 bits per heavy atom. The lowest BCUT2D eigenvalue weighted by molar-refractivity contribution is -0.134. The highest BCUT2D eigenvalue weighted by atomic mass is 16.6. The highest BCUT2D eigenvalue weighted by molar-refractivity contribution is 5.95. The van der Waals surface area contributed by atoms with Crippen molar-refractivity contribution in [3.8, 4) is 0 Å². The van der Waals surface area contributed by atoms with Crippen molar-refractivity contribution >= 4 is 12.0 Å². The van der Waals surface area contributed by atoms with Gasteiger partial charge < -0.3 is 9.47 Å². The summed E-state index contributed by atoms with van der Waals surface area (Å²) in [6.45, 7) is 1.33. The second-order valence-corrected chi connectivity index (χ2v) is 8.28. The van der Waals surface area contributed by atoms with Crippen molar-refractivity contribution in [2.45, 2.75) is 38.3 Å². The summed E-state index contributed by atoms with van der Waals surface area (Å²) >= 11 is 0. The molecule has 1 aliphatic carbocycles. The number of imide groups is 1. The van der Waals surface area contributed by atoms with Crippen LogP contribution >= 0.6 is 0 Å². The summed E-state index contributed by atoms with van der Waals surface area (Å²) in [6, 6.07) is 19.7. The third-order valence-electron chi connectivity index (χ3n) is 5.90. The molecule has 2 aromatic carbocycles. The molecule has 0 aromatic heterocycles. The van der Waals surface area contributed by atoms with Crippen molar-refractivity contribution in [2.75, 3.05) is 13.2 Å². The number of nitrogens with zero attached hydrogens (tertiary/aromatic N) is 1. The van der Waals surface area contributed by atoms with Crippen LogP contribution in [0.4, 0.5) is 4.79 Å². The van der Waals surface area contributed by atoms with E-state index in [1.165, 1.54) is 4.90 Å². The molecule has 1 saturated heterocycles. The first-order valence-corrected chi connectivity index (χ1v) is 11.0. The lowest BCUT2D eigenvalue weighted by Crippen LogP contribution is -2.44. The quantitative estimate of drug-likeness (QED) is 0.411. The van der Waals surface area contributed by atoms with Gasteiger partial charge in [-0.3, -0.25) is 4.79 Å². The monoisotopic (exact) mass is 419 g/mol. The molecule has 2 atom stereocenters. The van der Waals surface area contributed by atoms with E-state index in [4.69, 9.17) is 9.47 Å². The van der Waals surface area contributed by atoms with Gasteiger partial charge in [-0.15, -0.1) is 0 Å². The fourth-order valence-electron chi connectivity index (χ4n) is 4.07. The molecule has 4 rings (SSSR count). The van der Waals surface area contributed by atoms with Crippen LogP contribution in [0.3, 0.4) is 0 Å². The molecular formula is C26H29NO4. The minimum atomic E-state index is -0.508. The van der Waals surface area contributed by atoms with E-state index in [-0.39, 0.29) is 24.5 Å². The number of hydrogen-bond acceptors (Lipinski definition) is 4. The van der Waals surface area contributed by atoms with Gasteiger partial charge in [0.2, 0.25) is 5.91 Å². The van der Waals surface area contributed by atoms with E-state index < -0.39 is 6.09 Å². The number of amides is 2. The summed E-state index contributed by atoms with van der Waals surface area (Å²) in [5.41, 5.74) is 2.24. The number of allylic oxidation sites excluding steroid dienone is 1. The van der Waals surface area contributed by atoms with E-state index >= 15 is 0 Å². The molecule has 31 heavy (non-hydrogen) atoms. The van der Waals surface area contributed by atoms with Gasteiger partial charge in [-0.2, -0.15) is 0 Å². The van der Waals surface area contributed by atoms with Gasteiger partial charge in [0.1, 0.15) is 6.61 Å². The molecule has 5 nitrogen and oxygen atoms in total. The second-order valence-electron chi connectivity index (χ2n) is 8.28. The number of benzene rings is 2. The maximum Gasteiger partial charge on any atom is 0.416 e. The van der Waals surface area contributed by atoms with Crippen LogP contribution in [-0.2, 0) is 27.3 Å². The van der Waals surface area contributed by atoms with Crippen LogP contribution in [0, 0.1) is 11.8 Å². The van der Waals surface area contributed by atoms with E-state index in [0.717, 1.165) is 24.0 Å². The van der Waals surface area contributed by atoms with Crippen molar-refractivity contribution in [2.24, 2.45) is 11.8 Å². The molecule has 1 saturated carbocycles. The minimum absolute atomic E-state index is 0.0965. The molecule has 0 radical (unpaired) electrons. The zero-order chi connectivity index (χ0) is 21.5. The van der Waals surface area contributed by atoms with Crippen molar-refractivity contribution in [3.63, 3.8) is 0 Å². The average Bonchev–Trinajstić information content (AvgIpc) is 3.57. The van der Waals surface area contributed by atoms with Gasteiger partial charge >= 0.3 is 6.09 Å². The largest absolute Gasteiger partial charge is 0.447 e. The van der Waals surface area contributed by atoms with Crippen LogP contribution in [0.1, 0.15) is 30.4 Å². The molecular weight excluding hydrogens is 390 g/mol. The zero-order valence-corrected chi connectivity index (χ0v) is 17.7. The molecule has 2 aliphatic rings. The summed E-state index contributed by atoms with van der Waals surface area (Å²) in [4.78, 5) is 27.0. The normalized spacial score (nSPS) is 19.5.